The van der Waals surface area contributed by atoms with Gasteiger partial charge >= 0.3 is 0 Å². The number of nitrogens with zero attached hydrogens (tertiary/aromatic N) is 2. The molecule has 0 aromatic heterocycles. The van der Waals surface area contributed by atoms with E-state index in [9.17, 15) is 14.7 Å². The molecule has 0 radical (unpaired) electrons. The third-order valence-electron chi connectivity index (χ3n) is 4.33. The van der Waals surface area contributed by atoms with Crippen molar-refractivity contribution in [2.24, 2.45) is 4.99 Å². The highest BCUT2D eigenvalue weighted by molar-refractivity contribution is 6.32. The maximum absolute atomic E-state index is 12.4. The molecule has 0 atom stereocenters. The van der Waals surface area contributed by atoms with Crippen molar-refractivity contribution < 1.29 is 14.7 Å². The second-order valence-electron chi connectivity index (χ2n) is 5.67. The van der Waals surface area contributed by atoms with Gasteiger partial charge in [0, 0.05) is 13.5 Å². The van der Waals surface area contributed by atoms with Crippen LogP contribution < -0.4 is 0 Å². The molecule has 1 saturated heterocycles. The molecule has 1 N–H and O–H groups in total. The fourth-order valence-corrected chi connectivity index (χ4v) is 3.27. The van der Waals surface area contributed by atoms with Crippen LogP contribution in [0.15, 0.2) is 16.3 Å². The van der Waals surface area contributed by atoms with Gasteiger partial charge in [0.1, 0.15) is 11.3 Å². The number of hydrogen-bond donors (Lipinski definition) is 1. The Balaban J connectivity index is 2.54. The van der Waals surface area contributed by atoms with Gasteiger partial charge in [-0.3, -0.25) is 9.59 Å². The summed E-state index contributed by atoms with van der Waals surface area (Å²) in [5.41, 5.74) is 0.222. The molecular weight excluding hydrogens is 256 g/mol. The highest BCUT2D eigenvalue weighted by atomic mass is 16.3. The van der Waals surface area contributed by atoms with Gasteiger partial charge in [-0.05, 0) is 26.2 Å². The number of likely N-dealkylation sites (N-methyl/N-ethyl adjacent to an activating group) is 1. The summed E-state index contributed by atoms with van der Waals surface area (Å²) in [6.45, 7) is 3.40. The Kier molecular flexibility index (Phi) is 3.97. The average Bonchev–Trinajstić information content (AvgIpc) is 2.93. The van der Waals surface area contributed by atoms with Gasteiger partial charge in [-0.2, -0.15) is 0 Å². The van der Waals surface area contributed by atoms with Gasteiger partial charge in [0.25, 0.3) is 5.91 Å². The SMILES string of the molecule is CCCC(=O)N=C1/C(=C(\C)O)C(=O)N(C)C12CCCC2. The summed E-state index contributed by atoms with van der Waals surface area (Å²) in [7, 11) is 1.74. The van der Waals surface area contributed by atoms with Crippen molar-refractivity contribution >= 4 is 17.5 Å². The first-order valence-corrected chi connectivity index (χ1v) is 7.24. The lowest BCUT2D eigenvalue weighted by Crippen LogP contribution is -2.45. The standard InChI is InChI=1S/C15H22N2O3/c1-4-7-11(19)16-13-12(10(2)18)14(20)17(3)15(13)8-5-6-9-15/h18H,4-9H2,1-3H3/b12-10-,16-13?. The van der Waals surface area contributed by atoms with Crippen LogP contribution in [0.4, 0.5) is 0 Å². The fraction of sp³-hybridized carbons (Fsp3) is 0.667. The quantitative estimate of drug-likeness (QED) is 0.622. The van der Waals surface area contributed by atoms with Crippen LogP contribution in [0.25, 0.3) is 0 Å². The van der Waals surface area contributed by atoms with E-state index in [0.29, 0.717) is 12.1 Å². The van der Waals surface area contributed by atoms with Crippen molar-refractivity contribution in [1.82, 2.24) is 4.90 Å². The summed E-state index contributed by atoms with van der Waals surface area (Å²) >= 11 is 0. The van der Waals surface area contributed by atoms with Crippen molar-refractivity contribution in [2.45, 2.75) is 57.9 Å². The van der Waals surface area contributed by atoms with Gasteiger partial charge in [0.2, 0.25) is 5.91 Å². The average molecular weight is 278 g/mol. The molecule has 2 amide bonds. The first-order valence-electron chi connectivity index (χ1n) is 7.24. The van der Waals surface area contributed by atoms with Crippen molar-refractivity contribution in [3.8, 4) is 0 Å². The molecule has 0 aromatic carbocycles. The molecule has 2 aliphatic rings. The van der Waals surface area contributed by atoms with Gasteiger partial charge in [-0.1, -0.05) is 19.8 Å². The molecule has 0 aromatic rings. The zero-order valence-corrected chi connectivity index (χ0v) is 12.4. The normalized spacial score (nSPS) is 25.9. The summed E-state index contributed by atoms with van der Waals surface area (Å²) in [5.74, 6) is -0.487. The number of likely N-dealkylation sites (tertiary alicyclic amines) is 1. The van der Waals surface area contributed by atoms with E-state index in [2.05, 4.69) is 4.99 Å². The Labute approximate surface area is 119 Å². The van der Waals surface area contributed by atoms with Crippen LogP contribution in [0.5, 0.6) is 0 Å². The maximum Gasteiger partial charge on any atom is 0.259 e. The highest BCUT2D eigenvalue weighted by Gasteiger charge is 2.54. The molecule has 1 aliphatic carbocycles. The number of aliphatic hydroxyl groups is 1. The van der Waals surface area contributed by atoms with Gasteiger partial charge in [0.05, 0.1) is 11.3 Å². The van der Waals surface area contributed by atoms with E-state index in [1.807, 2.05) is 6.92 Å². The first-order chi connectivity index (χ1) is 9.44. The number of aliphatic imine (C=N–C) groups is 1. The second kappa shape index (κ2) is 5.38. The van der Waals surface area contributed by atoms with E-state index in [4.69, 9.17) is 0 Å². The summed E-state index contributed by atoms with van der Waals surface area (Å²) in [5, 5.41) is 9.84. The van der Waals surface area contributed by atoms with Gasteiger partial charge < -0.3 is 10.0 Å². The van der Waals surface area contributed by atoms with Crippen molar-refractivity contribution in [3.05, 3.63) is 11.3 Å². The van der Waals surface area contributed by atoms with Crippen LogP contribution in [0.3, 0.4) is 0 Å². The summed E-state index contributed by atoms with van der Waals surface area (Å²) < 4.78 is 0. The molecule has 110 valence electrons. The van der Waals surface area contributed by atoms with Crippen molar-refractivity contribution in [1.29, 1.82) is 0 Å². The predicted octanol–water partition coefficient (Wildman–Crippen LogP) is 2.37. The molecule has 1 aliphatic heterocycles. The lowest BCUT2D eigenvalue weighted by atomic mass is 9.90. The van der Waals surface area contributed by atoms with Crippen LogP contribution in [-0.4, -0.2) is 40.1 Å². The lowest BCUT2D eigenvalue weighted by Gasteiger charge is -2.31. The molecule has 0 bridgehead atoms. The van der Waals surface area contributed by atoms with E-state index >= 15 is 0 Å². The summed E-state index contributed by atoms with van der Waals surface area (Å²) in [6, 6.07) is 0. The minimum atomic E-state index is -0.486. The molecule has 1 spiro atoms. The lowest BCUT2D eigenvalue weighted by molar-refractivity contribution is -0.127. The molecule has 1 heterocycles. The van der Waals surface area contributed by atoms with Crippen molar-refractivity contribution in [3.63, 3.8) is 0 Å². The highest BCUT2D eigenvalue weighted by Crippen LogP contribution is 2.43. The Hall–Kier alpha value is -1.65. The number of aliphatic hydroxyl groups excluding tert-OH is 1. The van der Waals surface area contributed by atoms with Gasteiger partial charge in [-0.25, -0.2) is 4.99 Å². The van der Waals surface area contributed by atoms with Crippen LogP contribution in [-0.2, 0) is 9.59 Å². The zero-order valence-electron chi connectivity index (χ0n) is 12.4. The monoisotopic (exact) mass is 278 g/mol. The minimum Gasteiger partial charge on any atom is -0.512 e. The smallest absolute Gasteiger partial charge is 0.259 e. The molecule has 2 rings (SSSR count). The van der Waals surface area contributed by atoms with Gasteiger partial charge in [-0.15, -0.1) is 0 Å². The fourth-order valence-electron chi connectivity index (χ4n) is 3.27. The minimum absolute atomic E-state index is 0.0475. The summed E-state index contributed by atoms with van der Waals surface area (Å²) in [4.78, 5) is 30.1. The zero-order chi connectivity index (χ0) is 14.9. The van der Waals surface area contributed by atoms with Crippen LogP contribution >= 0.6 is 0 Å². The van der Waals surface area contributed by atoms with Crippen LogP contribution in [0.1, 0.15) is 52.4 Å². The van der Waals surface area contributed by atoms with Crippen LogP contribution in [0.2, 0.25) is 0 Å². The number of carbonyl (C=O) groups is 2. The Morgan fingerprint density at radius 3 is 2.50 bits per heavy atom. The Morgan fingerprint density at radius 1 is 1.40 bits per heavy atom. The van der Waals surface area contributed by atoms with E-state index in [1.165, 1.54) is 6.92 Å². The number of amides is 2. The van der Waals surface area contributed by atoms with Crippen molar-refractivity contribution in [2.75, 3.05) is 7.05 Å². The molecule has 5 nitrogen and oxygen atoms in total. The Morgan fingerprint density at radius 2 is 2.00 bits per heavy atom. The van der Waals surface area contributed by atoms with E-state index in [1.54, 1.807) is 11.9 Å². The maximum atomic E-state index is 12.4. The number of carbonyl (C=O) groups excluding carboxylic acids is 2. The largest absolute Gasteiger partial charge is 0.512 e. The Bertz CT molecular complexity index is 495. The third-order valence-corrected chi connectivity index (χ3v) is 4.33. The van der Waals surface area contributed by atoms with Gasteiger partial charge in [0.15, 0.2) is 0 Å². The van der Waals surface area contributed by atoms with E-state index in [0.717, 1.165) is 32.1 Å². The van der Waals surface area contributed by atoms with E-state index < -0.39 is 5.54 Å². The van der Waals surface area contributed by atoms with E-state index in [-0.39, 0.29) is 23.1 Å². The topological polar surface area (TPSA) is 70.0 Å². The number of hydrogen-bond acceptors (Lipinski definition) is 3. The predicted molar refractivity (Wildman–Crippen MR) is 76.6 cm³/mol. The number of allylic oxidation sites excluding steroid dienone is 1. The molecule has 2 fully saturated rings. The molecule has 20 heavy (non-hydrogen) atoms. The number of rotatable bonds is 2. The second-order valence-corrected chi connectivity index (χ2v) is 5.67. The molecule has 1 saturated carbocycles. The van der Waals surface area contributed by atoms with Crippen LogP contribution in [0, 0.1) is 0 Å². The molecular formula is C15H22N2O3. The summed E-state index contributed by atoms with van der Waals surface area (Å²) in [6.07, 6.45) is 4.74. The molecule has 0 unspecified atom stereocenters. The first kappa shape index (κ1) is 14.8. The molecule has 5 heteroatoms. The third kappa shape index (κ3) is 2.15.